The molecule has 2 heterocycles. The molecule has 0 saturated carbocycles. The minimum atomic E-state index is 0.590. The van der Waals surface area contributed by atoms with Gasteiger partial charge in [-0.15, -0.1) is 31.7 Å². The van der Waals surface area contributed by atoms with E-state index in [4.69, 9.17) is 5.73 Å². The highest BCUT2D eigenvalue weighted by molar-refractivity contribution is 7.98. The molecule has 2 aromatic rings. The number of nitrogens with two attached hydrogens (primary N) is 1. The molecule has 0 unspecified atom stereocenters. The second-order valence-corrected chi connectivity index (χ2v) is 5.71. The van der Waals surface area contributed by atoms with E-state index in [0.29, 0.717) is 6.54 Å². The molecular weight excluding hydrogens is 256 g/mol. The highest BCUT2D eigenvalue weighted by Gasteiger charge is 2.09. The van der Waals surface area contributed by atoms with Crippen LogP contribution in [0.2, 0.25) is 0 Å². The first-order valence-corrected chi connectivity index (χ1v) is 7.01. The van der Waals surface area contributed by atoms with Crippen molar-refractivity contribution >= 4 is 23.1 Å². The van der Waals surface area contributed by atoms with Crippen molar-refractivity contribution in [3.05, 3.63) is 15.8 Å². The average molecular weight is 270 g/mol. The van der Waals surface area contributed by atoms with Crippen LogP contribution in [0, 0.1) is 6.92 Å². The zero-order chi connectivity index (χ0) is 12.3. The van der Waals surface area contributed by atoms with Gasteiger partial charge in [-0.1, -0.05) is 11.8 Å². The van der Waals surface area contributed by atoms with E-state index in [1.807, 2.05) is 18.5 Å². The van der Waals surface area contributed by atoms with Gasteiger partial charge in [-0.2, -0.15) is 0 Å². The summed E-state index contributed by atoms with van der Waals surface area (Å²) in [6.45, 7) is 2.54. The molecule has 0 fully saturated rings. The van der Waals surface area contributed by atoms with Gasteiger partial charge in [-0.25, -0.2) is 0 Å². The first-order valence-electron chi connectivity index (χ1n) is 5.21. The molecule has 17 heavy (non-hydrogen) atoms. The standard InChI is InChI=1S/C9H14N6S2/c1-6-11-13-8(17-6)5-16-9-14-12-7(3-4-10)15(9)2/h3-5,10H2,1-2H3. The fourth-order valence-electron chi connectivity index (χ4n) is 1.34. The molecule has 0 aliphatic carbocycles. The molecule has 2 aromatic heterocycles. The van der Waals surface area contributed by atoms with Crippen LogP contribution in [0.1, 0.15) is 15.8 Å². The summed E-state index contributed by atoms with van der Waals surface area (Å²) in [5, 5.41) is 19.2. The predicted octanol–water partition coefficient (Wildman–Crippen LogP) is 0.769. The van der Waals surface area contributed by atoms with Crippen molar-refractivity contribution in [2.45, 2.75) is 24.3 Å². The third-order valence-electron chi connectivity index (χ3n) is 2.19. The number of hydrogen-bond donors (Lipinski definition) is 1. The summed E-state index contributed by atoms with van der Waals surface area (Å²) in [5.41, 5.74) is 5.50. The first kappa shape index (κ1) is 12.5. The van der Waals surface area contributed by atoms with E-state index in [9.17, 15) is 0 Å². The SMILES string of the molecule is Cc1nnc(CSc2nnc(CCN)n2C)s1. The van der Waals surface area contributed by atoms with E-state index >= 15 is 0 Å². The molecule has 0 aromatic carbocycles. The van der Waals surface area contributed by atoms with Crippen molar-refractivity contribution in [1.82, 2.24) is 25.0 Å². The topological polar surface area (TPSA) is 82.5 Å². The summed E-state index contributed by atoms with van der Waals surface area (Å²) in [4.78, 5) is 0. The maximum absolute atomic E-state index is 5.50. The smallest absolute Gasteiger partial charge is 0.191 e. The Morgan fingerprint density at radius 1 is 1.29 bits per heavy atom. The van der Waals surface area contributed by atoms with Gasteiger partial charge in [0.2, 0.25) is 0 Å². The van der Waals surface area contributed by atoms with E-state index in [0.717, 1.165) is 33.2 Å². The molecule has 0 aliphatic rings. The number of rotatable bonds is 5. The molecular formula is C9H14N6S2. The largest absolute Gasteiger partial charge is 0.330 e. The van der Waals surface area contributed by atoms with Crippen LogP contribution in [0.25, 0.3) is 0 Å². The van der Waals surface area contributed by atoms with Gasteiger partial charge in [-0.05, 0) is 13.5 Å². The Balaban J connectivity index is 1.99. The second-order valence-electron chi connectivity index (χ2n) is 3.50. The summed E-state index contributed by atoms with van der Waals surface area (Å²) in [5.74, 6) is 1.70. The van der Waals surface area contributed by atoms with E-state index < -0.39 is 0 Å². The molecule has 0 bridgehead atoms. The lowest BCUT2D eigenvalue weighted by Crippen LogP contribution is -2.08. The van der Waals surface area contributed by atoms with E-state index in [1.165, 1.54) is 0 Å². The molecule has 6 nitrogen and oxygen atoms in total. The van der Waals surface area contributed by atoms with Gasteiger partial charge in [0.25, 0.3) is 0 Å². The normalized spacial score (nSPS) is 11.0. The van der Waals surface area contributed by atoms with Gasteiger partial charge in [0.1, 0.15) is 15.8 Å². The summed E-state index contributed by atoms with van der Waals surface area (Å²) in [7, 11) is 1.96. The molecule has 2 N–H and O–H groups in total. The molecule has 0 amide bonds. The molecule has 0 radical (unpaired) electrons. The zero-order valence-corrected chi connectivity index (χ0v) is 11.4. The quantitative estimate of drug-likeness (QED) is 0.808. The Kier molecular flexibility index (Phi) is 4.08. The van der Waals surface area contributed by atoms with Crippen LogP contribution in [-0.4, -0.2) is 31.5 Å². The fraction of sp³-hybridized carbons (Fsp3) is 0.556. The van der Waals surface area contributed by atoms with Crippen LogP contribution in [-0.2, 0) is 19.2 Å². The monoisotopic (exact) mass is 270 g/mol. The highest BCUT2D eigenvalue weighted by atomic mass is 32.2. The van der Waals surface area contributed by atoms with Crippen LogP contribution in [0.5, 0.6) is 0 Å². The van der Waals surface area contributed by atoms with E-state index in [-0.39, 0.29) is 0 Å². The van der Waals surface area contributed by atoms with Crippen molar-refractivity contribution < 1.29 is 0 Å². The zero-order valence-electron chi connectivity index (χ0n) is 9.75. The molecule has 8 heteroatoms. The van der Waals surface area contributed by atoms with Crippen LogP contribution in [0.3, 0.4) is 0 Å². The number of aryl methyl sites for hydroxylation is 1. The van der Waals surface area contributed by atoms with Crippen molar-refractivity contribution in [3.63, 3.8) is 0 Å². The van der Waals surface area contributed by atoms with Gasteiger partial charge < -0.3 is 10.3 Å². The maximum Gasteiger partial charge on any atom is 0.191 e. The van der Waals surface area contributed by atoms with Crippen molar-refractivity contribution in [3.8, 4) is 0 Å². The second kappa shape index (κ2) is 5.56. The van der Waals surface area contributed by atoms with Crippen LogP contribution in [0.15, 0.2) is 5.16 Å². The first-order chi connectivity index (χ1) is 8.20. The predicted molar refractivity (Wildman–Crippen MR) is 68.0 cm³/mol. The third kappa shape index (κ3) is 3.02. The lowest BCUT2D eigenvalue weighted by atomic mass is 10.4. The Morgan fingerprint density at radius 2 is 2.12 bits per heavy atom. The van der Waals surface area contributed by atoms with Gasteiger partial charge in [0, 0.05) is 13.5 Å². The third-order valence-corrected chi connectivity index (χ3v) is 4.24. The Morgan fingerprint density at radius 3 is 2.76 bits per heavy atom. The van der Waals surface area contributed by atoms with Crippen LogP contribution < -0.4 is 5.73 Å². The maximum atomic E-state index is 5.50. The number of hydrogen-bond acceptors (Lipinski definition) is 7. The van der Waals surface area contributed by atoms with Gasteiger partial charge >= 0.3 is 0 Å². The Bertz CT molecular complexity index is 491. The van der Waals surface area contributed by atoms with E-state index in [1.54, 1.807) is 23.1 Å². The number of nitrogens with zero attached hydrogens (tertiary/aromatic N) is 5. The van der Waals surface area contributed by atoms with Gasteiger partial charge in [0.05, 0.1) is 5.75 Å². The van der Waals surface area contributed by atoms with Crippen molar-refractivity contribution in [2.24, 2.45) is 12.8 Å². The Hall–Kier alpha value is -0.990. The van der Waals surface area contributed by atoms with Crippen molar-refractivity contribution in [2.75, 3.05) is 6.54 Å². The molecule has 92 valence electrons. The summed E-state index contributed by atoms with van der Waals surface area (Å²) in [6.07, 6.45) is 0.752. The molecule has 2 rings (SSSR count). The minimum absolute atomic E-state index is 0.590. The fourth-order valence-corrected chi connectivity index (χ4v) is 2.96. The minimum Gasteiger partial charge on any atom is -0.330 e. The number of aromatic nitrogens is 5. The lowest BCUT2D eigenvalue weighted by molar-refractivity contribution is 0.727. The number of thioether (sulfide) groups is 1. The summed E-state index contributed by atoms with van der Waals surface area (Å²) in [6, 6.07) is 0. The van der Waals surface area contributed by atoms with E-state index in [2.05, 4.69) is 20.4 Å². The average Bonchev–Trinajstić information content (AvgIpc) is 2.86. The molecule has 0 aliphatic heterocycles. The van der Waals surface area contributed by atoms with Crippen molar-refractivity contribution in [1.29, 1.82) is 0 Å². The van der Waals surface area contributed by atoms with Crippen LogP contribution >= 0.6 is 23.1 Å². The Labute approximate surface area is 108 Å². The molecule has 0 saturated heterocycles. The summed E-state index contributed by atoms with van der Waals surface area (Å²) >= 11 is 3.23. The summed E-state index contributed by atoms with van der Waals surface area (Å²) < 4.78 is 1.98. The molecule has 0 spiro atoms. The van der Waals surface area contributed by atoms with Crippen LogP contribution in [0.4, 0.5) is 0 Å². The van der Waals surface area contributed by atoms with Gasteiger partial charge in [-0.3, -0.25) is 0 Å². The highest BCUT2D eigenvalue weighted by Crippen LogP contribution is 2.22. The molecule has 0 atom stereocenters. The lowest BCUT2D eigenvalue weighted by Gasteiger charge is -2.01. The van der Waals surface area contributed by atoms with Gasteiger partial charge in [0.15, 0.2) is 5.16 Å².